The van der Waals surface area contributed by atoms with Crippen LogP contribution in [0.3, 0.4) is 0 Å². The van der Waals surface area contributed by atoms with Gasteiger partial charge in [0.25, 0.3) is 0 Å². The average Bonchev–Trinajstić information content (AvgIpc) is 2.91. The molecule has 2 rings (SSSR count). The number of carboxylic acid groups (broad SMARTS) is 1. The minimum Gasteiger partial charge on any atom is -0.477 e. The Morgan fingerprint density at radius 1 is 1.53 bits per heavy atom. The van der Waals surface area contributed by atoms with Crippen LogP contribution in [0.5, 0.6) is 0 Å². The second kappa shape index (κ2) is 3.62. The number of carbonyl (C=O) groups excluding carboxylic acids is 1. The zero-order valence-electron chi connectivity index (χ0n) is 8.11. The lowest BCUT2D eigenvalue weighted by atomic mass is 10.4. The molecule has 0 atom stereocenters. The number of aryl methyl sites for hydroxylation is 1. The summed E-state index contributed by atoms with van der Waals surface area (Å²) in [5.41, 5.74) is 0.443. The molecule has 0 saturated heterocycles. The Labute approximate surface area is 90.1 Å². The van der Waals surface area contributed by atoms with Gasteiger partial charge in [0.05, 0.1) is 5.69 Å². The Hall–Kier alpha value is -1.43. The van der Waals surface area contributed by atoms with Crippen molar-refractivity contribution in [3.05, 3.63) is 10.6 Å². The second-order valence-corrected chi connectivity index (χ2v) is 4.50. The van der Waals surface area contributed by atoms with Crippen molar-refractivity contribution in [1.29, 1.82) is 0 Å². The number of rotatable bonds is 3. The van der Waals surface area contributed by atoms with Crippen LogP contribution < -0.4 is 5.32 Å². The Morgan fingerprint density at radius 2 is 2.20 bits per heavy atom. The molecular formula is C9H10N2O3S. The minimum absolute atomic E-state index is 0.0549. The van der Waals surface area contributed by atoms with Crippen molar-refractivity contribution < 1.29 is 14.7 Å². The number of carboxylic acids is 1. The quantitative estimate of drug-likeness (QED) is 0.818. The fourth-order valence-electron chi connectivity index (χ4n) is 1.20. The molecule has 1 heterocycles. The second-order valence-electron chi connectivity index (χ2n) is 3.50. The topological polar surface area (TPSA) is 79.3 Å². The number of hydrogen-bond acceptors (Lipinski definition) is 4. The summed E-state index contributed by atoms with van der Waals surface area (Å²) >= 11 is 0.999. The standard InChI is InChI=1S/C9H10N2O3S/c1-4-6(8(13)14)15-9(10-4)11-7(12)5-2-3-5/h5H,2-3H2,1H3,(H,13,14)(H,10,11,12). The number of nitrogens with one attached hydrogen (secondary N) is 1. The van der Waals surface area contributed by atoms with E-state index in [1.807, 2.05) is 0 Å². The summed E-state index contributed by atoms with van der Waals surface area (Å²) in [4.78, 5) is 26.3. The minimum atomic E-state index is -1.00. The molecule has 1 aliphatic rings. The van der Waals surface area contributed by atoms with E-state index in [1.54, 1.807) is 6.92 Å². The van der Waals surface area contributed by atoms with Gasteiger partial charge in [-0.3, -0.25) is 4.79 Å². The predicted octanol–water partition coefficient (Wildman–Crippen LogP) is 1.50. The molecule has 0 aliphatic heterocycles. The van der Waals surface area contributed by atoms with Crippen molar-refractivity contribution in [3.63, 3.8) is 0 Å². The van der Waals surface area contributed by atoms with Gasteiger partial charge < -0.3 is 10.4 Å². The maximum absolute atomic E-state index is 11.4. The van der Waals surface area contributed by atoms with Crippen molar-refractivity contribution in [3.8, 4) is 0 Å². The zero-order chi connectivity index (χ0) is 11.0. The van der Waals surface area contributed by atoms with E-state index in [0.717, 1.165) is 24.2 Å². The third kappa shape index (κ3) is 2.15. The normalized spacial score (nSPS) is 15.0. The Bertz CT molecular complexity index is 423. The van der Waals surface area contributed by atoms with Gasteiger partial charge in [-0.2, -0.15) is 0 Å². The number of hydrogen-bond donors (Lipinski definition) is 2. The molecule has 80 valence electrons. The van der Waals surface area contributed by atoms with Crippen LogP contribution in [-0.4, -0.2) is 22.0 Å². The average molecular weight is 226 g/mol. The number of nitrogens with zero attached hydrogens (tertiary/aromatic N) is 1. The molecule has 2 N–H and O–H groups in total. The summed E-state index contributed by atoms with van der Waals surface area (Å²) in [5.74, 6) is -0.958. The van der Waals surface area contributed by atoms with E-state index in [4.69, 9.17) is 5.11 Å². The molecule has 0 unspecified atom stereocenters. The molecule has 1 saturated carbocycles. The van der Waals surface area contributed by atoms with E-state index in [-0.39, 0.29) is 16.7 Å². The van der Waals surface area contributed by atoms with Crippen LogP contribution in [0.4, 0.5) is 5.13 Å². The van der Waals surface area contributed by atoms with E-state index < -0.39 is 5.97 Å². The van der Waals surface area contributed by atoms with Crippen molar-refractivity contribution in [2.24, 2.45) is 5.92 Å². The highest BCUT2D eigenvalue weighted by atomic mass is 32.1. The fraction of sp³-hybridized carbons (Fsp3) is 0.444. The molecule has 0 spiro atoms. The maximum Gasteiger partial charge on any atom is 0.347 e. The highest BCUT2D eigenvalue weighted by Crippen LogP contribution is 2.31. The third-order valence-electron chi connectivity index (χ3n) is 2.17. The monoisotopic (exact) mass is 226 g/mol. The van der Waals surface area contributed by atoms with E-state index >= 15 is 0 Å². The molecule has 1 fully saturated rings. The molecule has 1 aromatic heterocycles. The third-order valence-corrected chi connectivity index (χ3v) is 3.23. The summed E-state index contributed by atoms with van der Waals surface area (Å²) < 4.78 is 0. The van der Waals surface area contributed by atoms with E-state index in [2.05, 4.69) is 10.3 Å². The van der Waals surface area contributed by atoms with Crippen LogP contribution in [0.1, 0.15) is 28.2 Å². The molecule has 0 bridgehead atoms. The van der Waals surface area contributed by atoms with Crippen molar-refractivity contribution in [1.82, 2.24) is 4.98 Å². The van der Waals surface area contributed by atoms with Crippen LogP contribution in [0, 0.1) is 12.8 Å². The van der Waals surface area contributed by atoms with Crippen molar-refractivity contribution in [2.45, 2.75) is 19.8 Å². The van der Waals surface area contributed by atoms with Gasteiger partial charge in [0.15, 0.2) is 5.13 Å². The van der Waals surface area contributed by atoms with Crippen LogP contribution >= 0.6 is 11.3 Å². The van der Waals surface area contributed by atoms with Crippen LogP contribution in [0.25, 0.3) is 0 Å². The number of aromatic carboxylic acids is 1. The fourth-order valence-corrected chi connectivity index (χ4v) is 2.01. The number of carbonyl (C=O) groups is 2. The lowest BCUT2D eigenvalue weighted by Gasteiger charge is -1.96. The molecule has 0 radical (unpaired) electrons. The molecule has 1 aromatic rings. The van der Waals surface area contributed by atoms with E-state index in [9.17, 15) is 9.59 Å². The highest BCUT2D eigenvalue weighted by molar-refractivity contribution is 7.17. The molecule has 1 amide bonds. The maximum atomic E-state index is 11.4. The molecular weight excluding hydrogens is 216 g/mol. The SMILES string of the molecule is Cc1nc(NC(=O)C2CC2)sc1C(=O)O. The number of thiazole rings is 1. The van der Waals surface area contributed by atoms with Gasteiger partial charge in [-0.15, -0.1) is 0 Å². The van der Waals surface area contributed by atoms with Gasteiger partial charge in [0.1, 0.15) is 4.88 Å². The summed E-state index contributed by atoms with van der Waals surface area (Å²) in [6, 6.07) is 0. The van der Waals surface area contributed by atoms with Crippen LogP contribution in [-0.2, 0) is 4.79 Å². The van der Waals surface area contributed by atoms with Gasteiger partial charge in [0, 0.05) is 5.92 Å². The first-order chi connectivity index (χ1) is 7.08. The first kappa shape index (κ1) is 10.1. The van der Waals surface area contributed by atoms with Gasteiger partial charge in [-0.05, 0) is 19.8 Å². The zero-order valence-corrected chi connectivity index (χ0v) is 8.93. The van der Waals surface area contributed by atoms with Gasteiger partial charge in [0.2, 0.25) is 5.91 Å². The lowest BCUT2D eigenvalue weighted by Crippen LogP contribution is -2.12. The number of aromatic nitrogens is 1. The molecule has 5 nitrogen and oxygen atoms in total. The smallest absolute Gasteiger partial charge is 0.347 e. The largest absolute Gasteiger partial charge is 0.477 e. The summed E-state index contributed by atoms with van der Waals surface area (Å²) in [6.45, 7) is 1.62. The van der Waals surface area contributed by atoms with Gasteiger partial charge in [-0.1, -0.05) is 11.3 Å². The Balaban J connectivity index is 2.11. The van der Waals surface area contributed by atoms with E-state index in [0.29, 0.717) is 10.8 Å². The predicted molar refractivity (Wildman–Crippen MR) is 55.2 cm³/mol. The van der Waals surface area contributed by atoms with Crippen LogP contribution in [0.15, 0.2) is 0 Å². The molecule has 0 aromatic carbocycles. The Kier molecular flexibility index (Phi) is 2.44. The molecule has 6 heteroatoms. The van der Waals surface area contributed by atoms with Gasteiger partial charge in [-0.25, -0.2) is 9.78 Å². The lowest BCUT2D eigenvalue weighted by molar-refractivity contribution is -0.117. The first-order valence-corrected chi connectivity index (χ1v) is 5.41. The summed E-state index contributed by atoms with van der Waals surface area (Å²) in [6.07, 6.45) is 1.84. The Morgan fingerprint density at radius 3 is 2.67 bits per heavy atom. The summed E-state index contributed by atoms with van der Waals surface area (Å²) in [7, 11) is 0. The van der Waals surface area contributed by atoms with Crippen molar-refractivity contribution >= 4 is 28.3 Å². The highest BCUT2D eigenvalue weighted by Gasteiger charge is 2.30. The first-order valence-electron chi connectivity index (χ1n) is 4.59. The van der Waals surface area contributed by atoms with E-state index in [1.165, 1.54) is 0 Å². The van der Waals surface area contributed by atoms with Gasteiger partial charge >= 0.3 is 5.97 Å². The summed E-state index contributed by atoms with van der Waals surface area (Å²) in [5, 5.41) is 11.8. The molecule has 15 heavy (non-hydrogen) atoms. The van der Waals surface area contributed by atoms with Crippen molar-refractivity contribution in [2.75, 3.05) is 5.32 Å². The number of anilines is 1. The van der Waals surface area contributed by atoms with Crippen LogP contribution in [0.2, 0.25) is 0 Å². The molecule has 1 aliphatic carbocycles. The number of amides is 1.